The van der Waals surface area contributed by atoms with Gasteiger partial charge >= 0.3 is 6.09 Å². The lowest BCUT2D eigenvalue weighted by Crippen LogP contribution is -2.57. The minimum absolute atomic E-state index is 0.0466. The highest BCUT2D eigenvalue weighted by molar-refractivity contribution is 6.01. The number of hydrogen-bond acceptors (Lipinski definition) is 5. The molecule has 27 heavy (non-hydrogen) atoms. The van der Waals surface area contributed by atoms with Crippen LogP contribution in [-0.4, -0.2) is 52.0 Å². The second-order valence-corrected chi connectivity index (χ2v) is 9.80. The normalized spacial score (nSPS) is 37.7. The molecule has 1 N–H and O–H groups in total. The van der Waals surface area contributed by atoms with Crippen LogP contribution in [0.25, 0.3) is 0 Å². The Balaban J connectivity index is 1.85. The number of Topliss-reactive ketones (excluding diaryl/α,β-unsaturated/α-hetero) is 2. The molecule has 1 heterocycles. The van der Waals surface area contributed by atoms with E-state index in [1.54, 1.807) is 4.90 Å². The Morgan fingerprint density at radius 3 is 2.37 bits per heavy atom. The molecule has 0 bridgehead atoms. The molecule has 4 atom stereocenters. The number of carbonyl (C=O) groups is 3. The van der Waals surface area contributed by atoms with Crippen LogP contribution < -0.4 is 0 Å². The lowest BCUT2D eigenvalue weighted by molar-refractivity contribution is -0.165. The summed E-state index contributed by atoms with van der Waals surface area (Å²) < 4.78 is 5.49. The molecule has 3 fully saturated rings. The number of ether oxygens (including phenoxy) is 1. The average Bonchev–Trinajstić information content (AvgIpc) is 2.77. The molecule has 0 radical (unpaired) electrons. The summed E-state index contributed by atoms with van der Waals surface area (Å²) in [5, 5.41) is 11.5. The van der Waals surface area contributed by atoms with E-state index in [0.717, 1.165) is 6.42 Å². The van der Waals surface area contributed by atoms with E-state index in [0.29, 0.717) is 45.2 Å². The van der Waals surface area contributed by atoms with Gasteiger partial charge in [-0.3, -0.25) is 9.59 Å². The highest BCUT2D eigenvalue weighted by Crippen LogP contribution is 2.59. The van der Waals surface area contributed by atoms with E-state index >= 15 is 0 Å². The van der Waals surface area contributed by atoms with Gasteiger partial charge in [-0.05, 0) is 64.7 Å². The quantitative estimate of drug-likeness (QED) is 0.699. The Labute approximate surface area is 161 Å². The van der Waals surface area contributed by atoms with Gasteiger partial charge in [-0.25, -0.2) is 4.79 Å². The average molecular weight is 379 g/mol. The molecule has 2 aliphatic carbocycles. The Morgan fingerprint density at radius 1 is 1.11 bits per heavy atom. The fourth-order valence-electron chi connectivity index (χ4n) is 5.57. The molecule has 0 aromatic carbocycles. The lowest BCUT2D eigenvalue weighted by Gasteiger charge is -2.47. The van der Waals surface area contributed by atoms with Gasteiger partial charge in [-0.1, -0.05) is 6.92 Å². The largest absolute Gasteiger partial charge is 0.444 e. The van der Waals surface area contributed by atoms with Crippen molar-refractivity contribution >= 4 is 17.7 Å². The molecule has 1 aliphatic heterocycles. The van der Waals surface area contributed by atoms with Gasteiger partial charge in [0, 0.05) is 25.9 Å². The molecule has 1 spiro atoms. The van der Waals surface area contributed by atoms with Gasteiger partial charge in [0.15, 0.2) is 5.78 Å². The maximum Gasteiger partial charge on any atom is 0.410 e. The number of nitrogens with zero attached hydrogens (tertiary/aromatic N) is 1. The minimum atomic E-state index is -1.57. The lowest BCUT2D eigenvalue weighted by atomic mass is 9.56. The molecule has 1 saturated heterocycles. The van der Waals surface area contributed by atoms with E-state index in [9.17, 15) is 19.5 Å². The molecule has 6 nitrogen and oxygen atoms in total. The predicted octanol–water partition coefficient (Wildman–Crippen LogP) is 3.10. The van der Waals surface area contributed by atoms with Gasteiger partial charge in [0.1, 0.15) is 17.0 Å². The summed E-state index contributed by atoms with van der Waals surface area (Å²) in [4.78, 5) is 40.1. The smallest absolute Gasteiger partial charge is 0.410 e. The van der Waals surface area contributed by atoms with Crippen LogP contribution in [0.15, 0.2) is 0 Å². The van der Waals surface area contributed by atoms with Crippen molar-refractivity contribution in [2.75, 3.05) is 13.1 Å². The van der Waals surface area contributed by atoms with Gasteiger partial charge < -0.3 is 14.7 Å². The van der Waals surface area contributed by atoms with Crippen molar-refractivity contribution in [1.82, 2.24) is 4.90 Å². The first-order valence-corrected chi connectivity index (χ1v) is 10.3. The number of hydrogen-bond donors (Lipinski definition) is 1. The SMILES string of the molecule is CC1CC(=O)C23CCCN(C(=O)OC(C)(C)C)CCC[C@]2(O)C(=O)CC3C1. The summed E-state index contributed by atoms with van der Waals surface area (Å²) in [6, 6.07) is 0. The summed E-state index contributed by atoms with van der Waals surface area (Å²) in [7, 11) is 0. The summed E-state index contributed by atoms with van der Waals surface area (Å²) >= 11 is 0. The standard InChI is InChI=1S/C21H33NO5/c1-14-11-15-13-17(24)21(26)8-6-10-22(18(25)27-19(2,3)4)9-5-7-20(15,21)16(23)12-14/h14-15,26H,5-13H2,1-4H3/t14?,15?,20?,21-/m0/s1. The molecule has 152 valence electrons. The Morgan fingerprint density at radius 2 is 1.74 bits per heavy atom. The number of amides is 1. The van der Waals surface area contributed by atoms with Crippen LogP contribution >= 0.6 is 0 Å². The summed E-state index contributed by atoms with van der Waals surface area (Å²) in [5.41, 5.74) is -3.10. The second kappa shape index (κ2) is 6.87. The summed E-state index contributed by atoms with van der Waals surface area (Å²) in [5.74, 6) is 0.0551. The van der Waals surface area contributed by atoms with Crippen molar-refractivity contribution in [2.24, 2.45) is 17.3 Å². The molecule has 3 rings (SSSR count). The van der Waals surface area contributed by atoms with Crippen molar-refractivity contribution in [2.45, 2.75) is 83.8 Å². The van der Waals surface area contributed by atoms with Crippen LogP contribution in [0.3, 0.4) is 0 Å². The first kappa shape index (κ1) is 20.3. The molecule has 0 aromatic rings. The van der Waals surface area contributed by atoms with Crippen LogP contribution in [0.2, 0.25) is 0 Å². The number of carbonyl (C=O) groups excluding carboxylic acids is 3. The van der Waals surface area contributed by atoms with Gasteiger partial charge in [-0.2, -0.15) is 0 Å². The van der Waals surface area contributed by atoms with E-state index in [1.807, 2.05) is 27.7 Å². The van der Waals surface area contributed by atoms with Crippen molar-refractivity contribution in [3.63, 3.8) is 0 Å². The van der Waals surface area contributed by atoms with Crippen molar-refractivity contribution < 1.29 is 24.2 Å². The van der Waals surface area contributed by atoms with E-state index < -0.39 is 16.6 Å². The summed E-state index contributed by atoms with van der Waals surface area (Å²) in [6.07, 6.45) is 2.96. The fourth-order valence-corrected chi connectivity index (χ4v) is 5.57. The third-order valence-electron chi connectivity index (χ3n) is 6.66. The van der Waals surface area contributed by atoms with Crippen molar-refractivity contribution in [3.05, 3.63) is 0 Å². The zero-order valence-corrected chi connectivity index (χ0v) is 17.0. The van der Waals surface area contributed by atoms with E-state index in [-0.39, 0.29) is 35.9 Å². The molecular formula is C21H33NO5. The first-order valence-electron chi connectivity index (χ1n) is 10.3. The zero-order chi connectivity index (χ0) is 20.0. The number of ketones is 2. The first-order chi connectivity index (χ1) is 12.5. The van der Waals surface area contributed by atoms with Crippen molar-refractivity contribution in [1.29, 1.82) is 0 Å². The highest BCUT2D eigenvalue weighted by atomic mass is 16.6. The highest BCUT2D eigenvalue weighted by Gasteiger charge is 2.68. The van der Waals surface area contributed by atoms with E-state index in [4.69, 9.17) is 4.74 Å². The van der Waals surface area contributed by atoms with Crippen LogP contribution in [0.4, 0.5) is 4.79 Å². The number of aliphatic hydroxyl groups is 1. The van der Waals surface area contributed by atoms with Crippen LogP contribution in [-0.2, 0) is 14.3 Å². The molecular weight excluding hydrogens is 346 g/mol. The summed E-state index contributed by atoms with van der Waals surface area (Å²) in [6.45, 7) is 8.45. The topological polar surface area (TPSA) is 83.9 Å². The molecule has 1 amide bonds. The second-order valence-electron chi connectivity index (χ2n) is 9.80. The Hall–Kier alpha value is -1.43. The van der Waals surface area contributed by atoms with E-state index in [2.05, 4.69) is 0 Å². The zero-order valence-electron chi connectivity index (χ0n) is 17.0. The van der Waals surface area contributed by atoms with Crippen LogP contribution in [0.1, 0.15) is 72.6 Å². The maximum atomic E-state index is 13.2. The van der Waals surface area contributed by atoms with Gasteiger partial charge in [0.2, 0.25) is 0 Å². The van der Waals surface area contributed by atoms with Gasteiger partial charge in [0.25, 0.3) is 0 Å². The third kappa shape index (κ3) is 3.41. The maximum absolute atomic E-state index is 13.2. The number of rotatable bonds is 0. The molecule has 2 saturated carbocycles. The van der Waals surface area contributed by atoms with Crippen LogP contribution in [0.5, 0.6) is 0 Å². The van der Waals surface area contributed by atoms with Crippen LogP contribution in [0, 0.1) is 17.3 Å². The van der Waals surface area contributed by atoms with Gasteiger partial charge in [-0.15, -0.1) is 0 Å². The fraction of sp³-hybridized carbons (Fsp3) is 0.857. The van der Waals surface area contributed by atoms with Crippen molar-refractivity contribution in [3.8, 4) is 0 Å². The molecule has 3 aliphatic rings. The molecule has 6 heteroatoms. The third-order valence-corrected chi connectivity index (χ3v) is 6.66. The predicted molar refractivity (Wildman–Crippen MR) is 100 cm³/mol. The molecule has 0 aromatic heterocycles. The van der Waals surface area contributed by atoms with E-state index in [1.165, 1.54) is 0 Å². The minimum Gasteiger partial charge on any atom is -0.444 e. The Kier molecular flexibility index (Phi) is 5.17. The van der Waals surface area contributed by atoms with Gasteiger partial charge in [0.05, 0.1) is 5.41 Å². The molecule has 3 unspecified atom stereocenters. The Bertz CT molecular complexity index is 639. The monoisotopic (exact) mass is 379 g/mol.